The monoisotopic (exact) mass is 260 g/mol. The lowest BCUT2D eigenvalue weighted by molar-refractivity contribution is 0.0742. The molecule has 0 spiro atoms. The standard InChI is InChI=1S/C14H13FN2O2/c1-19-13-12(16-6-7-17-13)14(18)5-4-9-8-10(15)2-3-11(9)14/h2-3,6-8,18H,4-5H2,1H3. The van der Waals surface area contributed by atoms with E-state index in [0.29, 0.717) is 30.0 Å². The van der Waals surface area contributed by atoms with Gasteiger partial charge in [0.25, 0.3) is 0 Å². The molecule has 2 aromatic rings. The molecule has 0 radical (unpaired) electrons. The van der Waals surface area contributed by atoms with Crippen molar-refractivity contribution in [2.45, 2.75) is 18.4 Å². The molecule has 0 fully saturated rings. The van der Waals surface area contributed by atoms with Crippen molar-refractivity contribution >= 4 is 0 Å². The molecule has 98 valence electrons. The molecule has 5 heteroatoms. The highest BCUT2D eigenvalue weighted by atomic mass is 19.1. The van der Waals surface area contributed by atoms with E-state index in [1.165, 1.54) is 31.6 Å². The molecule has 3 rings (SSSR count). The molecule has 1 unspecified atom stereocenters. The predicted octanol–water partition coefficient (Wildman–Crippen LogP) is 1.81. The number of hydrogen-bond donors (Lipinski definition) is 1. The van der Waals surface area contributed by atoms with Gasteiger partial charge in [0.15, 0.2) is 0 Å². The SMILES string of the molecule is COc1nccnc1C1(O)CCc2cc(F)ccc21. The Kier molecular flexibility index (Phi) is 2.71. The smallest absolute Gasteiger partial charge is 0.238 e. The molecule has 0 bridgehead atoms. The maximum atomic E-state index is 13.2. The van der Waals surface area contributed by atoms with Crippen LogP contribution in [-0.4, -0.2) is 22.2 Å². The number of aryl methyl sites for hydroxylation is 1. The number of halogens is 1. The molecule has 1 aliphatic carbocycles. The Morgan fingerprint density at radius 3 is 2.89 bits per heavy atom. The van der Waals surface area contributed by atoms with E-state index in [2.05, 4.69) is 9.97 Å². The third kappa shape index (κ3) is 1.77. The first kappa shape index (κ1) is 12.0. The highest BCUT2D eigenvalue weighted by molar-refractivity contribution is 5.45. The summed E-state index contributed by atoms with van der Waals surface area (Å²) in [5.41, 5.74) is 0.591. The summed E-state index contributed by atoms with van der Waals surface area (Å²) in [6.45, 7) is 0. The van der Waals surface area contributed by atoms with Gasteiger partial charge in [0.05, 0.1) is 7.11 Å². The quantitative estimate of drug-likeness (QED) is 0.894. The zero-order valence-corrected chi connectivity index (χ0v) is 10.4. The Morgan fingerprint density at radius 2 is 2.11 bits per heavy atom. The first-order valence-electron chi connectivity index (χ1n) is 6.02. The molecule has 1 aliphatic rings. The lowest BCUT2D eigenvalue weighted by atomic mass is 9.92. The van der Waals surface area contributed by atoms with Crippen LogP contribution in [0, 0.1) is 5.82 Å². The van der Waals surface area contributed by atoms with Crippen molar-refractivity contribution < 1.29 is 14.2 Å². The van der Waals surface area contributed by atoms with Gasteiger partial charge < -0.3 is 9.84 Å². The Balaban J connectivity index is 2.16. The summed E-state index contributed by atoms with van der Waals surface area (Å²) in [5.74, 6) is -0.00344. The molecule has 1 heterocycles. The molecule has 0 amide bonds. The third-order valence-electron chi connectivity index (χ3n) is 3.52. The first-order chi connectivity index (χ1) is 9.15. The summed E-state index contributed by atoms with van der Waals surface area (Å²) < 4.78 is 18.4. The van der Waals surface area contributed by atoms with Gasteiger partial charge in [-0.15, -0.1) is 0 Å². The fraction of sp³-hybridized carbons (Fsp3) is 0.286. The summed E-state index contributed by atoms with van der Waals surface area (Å²) in [4.78, 5) is 8.25. The Hall–Kier alpha value is -2.01. The zero-order valence-electron chi connectivity index (χ0n) is 10.4. The number of methoxy groups -OCH3 is 1. The molecule has 0 saturated carbocycles. The Morgan fingerprint density at radius 1 is 1.32 bits per heavy atom. The predicted molar refractivity (Wildman–Crippen MR) is 66.3 cm³/mol. The fourth-order valence-electron chi connectivity index (χ4n) is 2.63. The summed E-state index contributed by atoms with van der Waals surface area (Å²) in [6.07, 6.45) is 4.06. The minimum atomic E-state index is -1.26. The molecule has 0 aliphatic heterocycles. The van der Waals surface area contributed by atoms with E-state index in [-0.39, 0.29) is 5.82 Å². The number of hydrogen-bond acceptors (Lipinski definition) is 4. The Bertz CT molecular complexity index is 633. The fourth-order valence-corrected chi connectivity index (χ4v) is 2.63. The third-order valence-corrected chi connectivity index (χ3v) is 3.52. The summed E-state index contributed by atoms with van der Waals surface area (Å²) in [6, 6.07) is 4.40. The highest BCUT2D eigenvalue weighted by Crippen LogP contribution is 2.43. The molecule has 1 aromatic heterocycles. The number of aromatic nitrogens is 2. The van der Waals surface area contributed by atoms with Crippen LogP contribution in [-0.2, 0) is 12.0 Å². The van der Waals surface area contributed by atoms with E-state index in [1.807, 2.05) is 0 Å². The van der Waals surface area contributed by atoms with Crippen molar-refractivity contribution in [3.8, 4) is 5.88 Å². The largest absolute Gasteiger partial charge is 0.480 e. The number of nitrogens with zero attached hydrogens (tertiary/aromatic N) is 2. The van der Waals surface area contributed by atoms with Gasteiger partial charge in [-0.25, -0.2) is 9.37 Å². The average Bonchev–Trinajstić information content (AvgIpc) is 2.77. The average molecular weight is 260 g/mol. The van der Waals surface area contributed by atoms with Crippen LogP contribution >= 0.6 is 0 Å². The van der Waals surface area contributed by atoms with Gasteiger partial charge in [0.1, 0.15) is 17.1 Å². The van der Waals surface area contributed by atoms with Crippen LogP contribution in [0.1, 0.15) is 23.2 Å². The van der Waals surface area contributed by atoms with Gasteiger partial charge in [0, 0.05) is 12.4 Å². The number of rotatable bonds is 2. The molecule has 0 saturated heterocycles. The highest BCUT2D eigenvalue weighted by Gasteiger charge is 2.42. The van der Waals surface area contributed by atoms with E-state index in [1.54, 1.807) is 6.07 Å². The van der Waals surface area contributed by atoms with Crippen LogP contribution in [0.4, 0.5) is 4.39 Å². The van der Waals surface area contributed by atoms with Crippen molar-refractivity contribution in [1.29, 1.82) is 0 Å². The van der Waals surface area contributed by atoms with Crippen molar-refractivity contribution in [2.24, 2.45) is 0 Å². The normalized spacial score (nSPS) is 21.2. The van der Waals surface area contributed by atoms with Crippen LogP contribution in [0.2, 0.25) is 0 Å². The summed E-state index contributed by atoms with van der Waals surface area (Å²) >= 11 is 0. The molecule has 1 N–H and O–H groups in total. The molecular weight excluding hydrogens is 247 g/mol. The van der Waals surface area contributed by atoms with Crippen LogP contribution in [0.25, 0.3) is 0 Å². The maximum absolute atomic E-state index is 13.2. The first-order valence-corrected chi connectivity index (χ1v) is 6.02. The van der Waals surface area contributed by atoms with Crippen LogP contribution in [0.5, 0.6) is 5.88 Å². The minimum Gasteiger partial charge on any atom is -0.480 e. The van der Waals surface area contributed by atoms with Gasteiger partial charge in [-0.3, -0.25) is 4.98 Å². The summed E-state index contributed by atoms with van der Waals surface area (Å²) in [5, 5.41) is 10.9. The molecule has 1 atom stereocenters. The maximum Gasteiger partial charge on any atom is 0.238 e. The van der Waals surface area contributed by atoms with Crippen molar-refractivity contribution in [3.63, 3.8) is 0 Å². The van der Waals surface area contributed by atoms with Crippen LogP contribution < -0.4 is 4.74 Å². The zero-order chi connectivity index (χ0) is 13.5. The van der Waals surface area contributed by atoms with E-state index in [0.717, 1.165) is 5.56 Å². The topological polar surface area (TPSA) is 55.2 Å². The van der Waals surface area contributed by atoms with Gasteiger partial charge >= 0.3 is 0 Å². The van der Waals surface area contributed by atoms with Crippen molar-refractivity contribution in [3.05, 3.63) is 53.2 Å². The molecule has 4 nitrogen and oxygen atoms in total. The summed E-state index contributed by atoms with van der Waals surface area (Å²) in [7, 11) is 1.48. The molecule has 1 aromatic carbocycles. The van der Waals surface area contributed by atoms with Gasteiger partial charge in [-0.05, 0) is 36.1 Å². The van der Waals surface area contributed by atoms with Crippen molar-refractivity contribution in [1.82, 2.24) is 9.97 Å². The number of aliphatic hydroxyl groups is 1. The lowest BCUT2D eigenvalue weighted by Gasteiger charge is -2.24. The van der Waals surface area contributed by atoms with E-state index >= 15 is 0 Å². The number of benzene rings is 1. The second-order valence-corrected chi connectivity index (χ2v) is 4.58. The minimum absolute atomic E-state index is 0.294. The van der Waals surface area contributed by atoms with Gasteiger partial charge in [-0.2, -0.15) is 0 Å². The number of ether oxygens (including phenoxy) is 1. The second-order valence-electron chi connectivity index (χ2n) is 4.58. The van der Waals surface area contributed by atoms with E-state index in [9.17, 15) is 9.50 Å². The van der Waals surface area contributed by atoms with Crippen LogP contribution in [0.3, 0.4) is 0 Å². The van der Waals surface area contributed by atoms with Gasteiger partial charge in [-0.1, -0.05) is 6.07 Å². The molecular formula is C14H13FN2O2. The van der Waals surface area contributed by atoms with Crippen molar-refractivity contribution in [2.75, 3.05) is 7.11 Å². The number of fused-ring (bicyclic) bond motifs is 1. The van der Waals surface area contributed by atoms with Crippen LogP contribution in [0.15, 0.2) is 30.6 Å². The van der Waals surface area contributed by atoms with E-state index < -0.39 is 5.60 Å². The Labute approximate surface area is 109 Å². The second kappa shape index (κ2) is 4.28. The lowest BCUT2D eigenvalue weighted by Crippen LogP contribution is -2.26. The van der Waals surface area contributed by atoms with Gasteiger partial charge in [0.2, 0.25) is 5.88 Å². The molecule has 19 heavy (non-hydrogen) atoms. The van der Waals surface area contributed by atoms with E-state index in [4.69, 9.17) is 4.74 Å².